The van der Waals surface area contributed by atoms with Gasteiger partial charge < -0.3 is 14.5 Å². The molecule has 2 aromatic heterocycles. The van der Waals surface area contributed by atoms with Crippen LogP contribution in [0, 0.1) is 0 Å². The largest absolute Gasteiger partial charge is 0.497 e. The number of methoxy groups -OCH3 is 1. The van der Waals surface area contributed by atoms with Gasteiger partial charge in [-0.15, -0.1) is 5.10 Å². The third-order valence-electron chi connectivity index (χ3n) is 5.96. The second-order valence-electron chi connectivity index (χ2n) is 8.17. The predicted molar refractivity (Wildman–Crippen MR) is 113 cm³/mol. The first-order valence-electron chi connectivity index (χ1n) is 10.3. The van der Waals surface area contributed by atoms with Crippen LogP contribution >= 0.6 is 0 Å². The SMILES string of the molecule is CCC(C)(C)n1nnnc1[C@@H](c1cc2ccc(OC)cc2[nH]c1=O)N1CCOCC1. The van der Waals surface area contributed by atoms with Crippen molar-refractivity contribution in [3.63, 3.8) is 0 Å². The van der Waals surface area contributed by atoms with E-state index in [2.05, 4.69) is 46.2 Å². The van der Waals surface area contributed by atoms with Crippen LogP contribution in [0.4, 0.5) is 0 Å². The van der Waals surface area contributed by atoms with Crippen molar-refractivity contribution in [3.05, 3.63) is 46.0 Å². The predicted octanol–water partition coefficient (Wildman–Crippen LogP) is 2.09. The second-order valence-corrected chi connectivity index (χ2v) is 8.17. The lowest BCUT2D eigenvalue weighted by molar-refractivity contribution is 0.0204. The van der Waals surface area contributed by atoms with E-state index in [1.165, 1.54) is 0 Å². The summed E-state index contributed by atoms with van der Waals surface area (Å²) < 4.78 is 12.7. The normalized spacial score (nSPS) is 16.7. The van der Waals surface area contributed by atoms with E-state index in [1.54, 1.807) is 7.11 Å². The molecule has 1 fully saturated rings. The average Bonchev–Trinajstić information content (AvgIpc) is 3.25. The Morgan fingerprint density at radius 1 is 1.27 bits per heavy atom. The number of pyridine rings is 1. The molecular formula is C21H28N6O3. The molecule has 1 aliphatic heterocycles. The molecule has 1 N–H and O–H groups in total. The lowest BCUT2D eigenvalue weighted by Gasteiger charge is -2.35. The third-order valence-corrected chi connectivity index (χ3v) is 5.96. The second kappa shape index (κ2) is 8.16. The van der Waals surface area contributed by atoms with Gasteiger partial charge >= 0.3 is 0 Å². The Hall–Kier alpha value is -2.78. The molecule has 160 valence electrons. The number of tetrazole rings is 1. The highest BCUT2D eigenvalue weighted by Gasteiger charge is 2.34. The molecular weight excluding hydrogens is 384 g/mol. The smallest absolute Gasteiger partial charge is 0.253 e. The van der Waals surface area contributed by atoms with Gasteiger partial charge in [0.1, 0.15) is 11.8 Å². The topological polar surface area (TPSA) is 98.2 Å². The molecule has 0 unspecified atom stereocenters. The molecule has 1 saturated heterocycles. The van der Waals surface area contributed by atoms with E-state index in [0.717, 1.165) is 17.3 Å². The van der Waals surface area contributed by atoms with Gasteiger partial charge in [-0.05, 0) is 54.3 Å². The Morgan fingerprint density at radius 3 is 2.73 bits per heavy atom. The van der Waals surface area contributed by atoms with E-state index in [4.69, 9.17) is 9.47 Å². The number of ether oxygens (including phenoxy) is 2. The molecule has 1 aliphatic rings. The molecule has 0 amide bonds. The molecule has 0 saturated carbocycles. The number of aromatic amines is 1. The molecule has 0 aliphatic carbocycles. The van der Waals surface area contributed by atoms with Crippen molar-refractivity contribution in [2.45, 2.75) is 38.8 Å². The fourth-order valence-electron chi connectivity index (χ4n) is 3.81. The number of hydrogen-bond donors (Lipinski definition) is 1. The van der Waals surface area contributed by atoms with E-state index in [1.807, 2.05) is 28.9 Å². The summed E-state index contributed by atoms with van der Waals surface area (Å²) in [6, 6.07) is 7.23. The molecule has 1 atom stereocenters. The number of H-pyrrole nitrogens is 1. The standard InChI is InChI=1S/C21H28N6O3/c1-5-21(2,3)27-19(23-24-25-27)18(26-8-10-30-11-9-26)16-12-14-6-7-15(29-4)13-17(14)22-20(16)28/h6-7,12-13,18H,5,8-11H2,1-4H3,(H,22,28)/t18-/m1/s1. The van der Waals surface area contributed by atoms with Crippen molar-refractivity contribution < 1.29 is 9.47 Å². The van der Waals surface area contributed by atoms with Gasteiger partial charge in [-0.1, -0.05) is 6.92 Å². The number of nitrogens with zero attached hydrogens (tertiary/aromatic N) is 5. The van der Waals surface area contributed by atoms with E-state index >= 15 is 0 Å². The van der Waals surface area contributed by atoms with E-state index < -0.39 is 0 Å². The van der Waals surface area contributed by atoms with Crippen molar-refractivity contribution in [1.29, 1.82) is 0 Å². The van der Waals surface area contributed by atoms with Crippen LogP contribution in [0.15, 0.2) is 29.1 Å². The third kappa shape index (κ3) is 3.70. The van der Waals surface area contributed by atoms with Gasteiger partial charge in [-0.3, -0.25) is 9.69 Å². The molecule has 3 aromatic rings. The molecule has 9 nitrogen and oxygen atoms in total. The number of rotatable bonds is 6. The van der Waals surface area contributed by atoms with Gasteiger partial charge in [-0.25, -0.2) is 4.68 Å². The summed E-state index contributed by atoms with van der Waals surface area (Å²) in [5.74, 6) is 1.37. The van der Waals surface area contributed by atoms with Gasteiger partial charge in [0.05, 0.1) is 31.4 Å². The Balaban J connectivity index is 1.89. The minimum Gasteiger partial charge on any atom is -0.497 e. The fourth-order valence-corrected chi connectivity index (χ4v) is 3.81. The molecule has 0 radical (unpaired) electrons. The van der Waals surface area contributed by atoms with Crippen LogP contribution in [0.5, 0.6) is 5.75 Å². The Bertz CT molecular complexity index is 1080. The van der Waals surface area contributed by atoms with E-state index in [-0.39, 0.29) is 17.1 Å². The number of morpholine rings is 1. The summed E-state index contributed by atoms with van der Waals surface area (Å²) in [5.41, 5.74) is 0.922. The van der Waals surface area contributed by atoms with Gasteiger partial charge in [0, 0.05) is 24.7 Å². The van der Waals surface area contributed by atoms with Crippen LogP contribution in [-0.2, 0) is 10.3 Å². The van der Waals surface area contributed by atoms with E-state index in [9.17, 15) is 4.79 Å². The van der Waals surface area contributed by atoms with Crippen molar-refractivity contribution >= 4 is 10.9 Å². The van der Waals surface area contributed by atoms with Crippen molar-refractivity contribution in [2.75, 3.05) is 33.4 Å². The molecule has 4 rings (SSSR count). The summed E-state index contributed by atoms with van der Waals surface area (Å²) in [7, 11) is 1.61. The van der Waals surface area contributed by atoms with Gasteiger partial charge in [0.15, 0.2) is 5.82 Å². The van der Waals surface area contributed by atoms with Crippen LogP contribution in [0.1, 0.15) is 44.6 Å². The average molecular weight is 412 g/mol. The molecule has 3 heterocycles. The quantitative estimate of drug-likeness (QED) is 0.662. The minimum absolute atomic E-state index is 0.156. The van der Waals surface area contributed by atoms with Gasteiger partial charge in [0.2, 0.25) is 0 Å². The number of nitrogens with one attached hydrogen (secondary N) is 1. The zero-order valence-electron chi connectivity index (χ0n) is 17.9. The Morgan fingerprint density at radius 2 is 2.03 bits per heavy atom. The number of benzene rings is 1. The minimum atomic E-state index is -0.370. The molecule has 9 heteroatoms. The maximum absolute atomic E-state index is 13.2. The molecule has 1 aromatic carbocycles. The van der Waals surface area contributed by atoms with Crippen LogP contribution in [0.3, 0.4) is 0 Å². The first-order chi connectivity index (χ1) is 14.4. The van der Waals surface area contributed by atoms with Crippen molar-refractivity contribution in [1.82, 2.24) is 30.1 Å². The Kier molecular flexibility index (Phi) is 5.57. The number of hydrogen-bond acceptors (Lipinski definition) is 7. The number of aromatic nitrogens is 5. The summed E-state index contributed by atoms with van der Waals surface area (Å²) in [4.78, 5) is 18.4. The highest BCUT2D eigenvalue weighted by molar-refractivity contribution is 5.80. The van der Waals surface area contributed by atoms with Gasteiger partial charge in [-0.2, -0.15) is 0 Å². The van der Waals surface area contributed by atoms with Gasteiger partial charge in [0.25, 0.3) is 5.56 Å². The maximum Gasteiger partial charge on any atom is 0.253 e. The van der Waals surface area contributed by atoms with Crippen molar-refractivity contribution in [2.24, 2.45) is 0 Å². The fraction of sp³-hybridized carbons (Fsp3) is 0.524. The first-order valence-corrected chi connectivity index (χ1v) is 10.3. The zero-order valence-corrected chi connectivity index (χ0v) is 17.9. The molecule has 30 heavy (non-hydrogen) atoms. The maximum atomic E-state index is 13.2. The monoisotopic (exact) mass is 412 g/mol. The summed E-state index contributed by atoms with van der Waals surface area (Å²) in [6.07, 6.45) is 0.856. The summed E-state index contributed by atoms with van der Waals surface area (Å²) in [6.45, 7) is 8.91. The molecule has 0 spiro atoms. The number of fused-ring (bicyclic) bond motifs is 1. The van der Waals surface area contributed by atoms with Crippen LogP contribution in [0.25, 0.3) is 10.9 Å². The highest BCUT2D eigenvalue weighted by Crippen LogP contribution is 2.31. The van der Waals surface area contributed by atoms with Crippen LogP contribution in [0.2, 0.25) is 0 Å². The summed E-state index contributed by atoms with van der Waals surface area (Å²) >= 11 is 0. The van der Waals surface area contributed by atoms with Crippen molar-refractivity contribution in [3.8, 4) is 5.75 Å². The first kappa shape index (κ1) is 20.5. The lowest BCUT2D eigenvalue weighted by Crippen LogP contribution is -2.43. The van der Waals surface area contributed by atoms with E-state index in [0.29, 0.717) is 43.4 Å². The van der Waals surface area contributed by atoms with Crippen LogP contribution in [-0.4, -0.2) is 63.5 Å². The molecule has 0 bridgehead atoms. The summed E-state index contributed by atoms with van der Waals surface area (Å²) in [5, 5.41) is 13.6. The Labute approximate surface area is 175 Å². The van der Waals surface area contributed by atoms with Crippen LogP contribution < -0.4 is 10.3 Å². The highest BCUT2D eigenvalue weighted by atomic mass is 16.5. The zero-order chi connectivity index (χ0) is 21.3. The lowest BCUT2D eigenvalue weighted by atomic mass is 9.99.